The second-order valence-corrected chi connectivity index (χ2v) is 9.52. The van der Waals surface area contributed by atoms with Crippen molar-refractivity contribution in [3.05, 3.63) is 78.6 Å². The number of para-hydroxylation sites is 1. The van der Waals surface area contributed by atoms with Crippen molar-refractivity contribution in [2.24, 2.45) is 0 Å². The van der Waals surface area contributed by atoms with Crippen LogP contribution in [-0.4, -0.2) is 37.8 Å². The zero-order valence-electron chi connectivity index (χ0n) is 19.4. The van der Waals surface area contributed by atoms with Crippen LogP contribution >= 0.6 is 0 Å². The van der Waals surface area contributed by atoms with Crippen molar-refractivity contribution in [3.8, 4) is 29.1 Å². The second kappa shape index (κ2) is 10.4. The largest absolute Gasteiger partial charge is 0.493 e. The first-order valence-electron chi connectivity index (χ1n) is 10.7. The molecule has 0 amide bonds. The summed E-state index contributed by atoms with van der Waals surface area (Å²) in [4.78, 5) is 8.73. The molecular formula is C26H24N4O4S. The van der Waals surface area contributed by atoms with Crippen molar-refractivity contribution in [2.45, 2.75) is 13.0 Å². The lowest BCUT2D eigenvalue weighted by atomic mass is 10.1. The molecule has 2 N–H and O–H groups in total. The first-order valence-corrected chi connectivity index (χ1v) is 12.6. The molecule has 0 saturated heterocycles. The van der Waals surface area contributed by atoms with Gasteiger partial charge in [0.1, 0.15) is 17.9 Å². The summed E-state index contributed by atoms with van der Waals surface area (Å²) in [6.07, 6.45) is 2.59. The number of nitrogens with zero attached hydrogens (tertiary/aromatic N) is 2. The fourth-order valence-electron chi connectivity index (χ4n) is 3.36. The average Bonchev–Trinajstić information content (AvgIpc) is 2.83. The van der Waals surface area contributed by atoms with Crippen LogP contribution in [0.2, 0.25) is 0 Å². The summed E-state index contributed by atoms with van der Waals surface area (Å²) in [5.74, 6) is 8.36. The van der Waals surface area contributed by atoms with E-state index in [-0.39, 0.29) is 0 Å². The maximum atomic E-state index is 11.4. The van der Waals surface area contributed by atoms with Gasteiger partial charge in [-0.1, -0.05) is 30.0 Å². The van der Waals surface area contributed by atoms with E-state index in [1.807, 2.05) is 66.7 Å². The molecule has 1 heterocycles. The van der Waals surface area contributed by atoms with E-state index in [4.69, 9.17) is 9.47 Å². The molecule has 35 heavy (non-hydrogen) atoms. The first kappa shape index (κ1) is 24.0. The van der Waals surface area contributed by atoms with Crippen LogP contribution in [0.25, 0.3) is 10.9 Å². The van der Waals surface area contributed by atoms with E-state index in [0.29, 0.717) is 28.6 Å². The van der Waals surface area contributed by atoms with E-state index < -0.39 is 16.1 Å². The van der Waals surface area contributed by atoms with Gasteiger partial charge in [-0.05, 0) is 49.4 Å². The van der Waals surface area contributed by atoms with Gasteiger partial charge in [-0.15, -0.1) is 0 Å². The van der Waals surface area contributed by atoms with E-state index >= 15 is 0 Å². The molecule has 0 spiro atoms. The van der Waals surface area contributed by atoms with Gasteiger partial charge in [-0.25, -0.2) is 23.1 Å². The highest BCUT2D eigenvalue weighted by Crippen LogP contribution is 2.35. The van der Waals surface area contributed by atoms with Gasteiger partial charge in [-0.3, -0.25) is 0 Å². The molecule has 0 aliphatic carbocycles. The molecule has 178 valence electrons. The van der Waals surface area contributed by atoms with Gasteiger partial charge in [0.05, 0.1) is 24.9 Å². The fraction of sp³-hybridized carbons (Fsp3) is 0.154. The van der Waals surface area contributed by atoms with E-state index in [2.05, 4.69) is 31.8 Å². The van der Waals surface area contributed by atoms with Crippen LogP contribution in [-0.2, 0) is 10.0 Å². The third kappa shape index (κ3) is 6.47. The molecule has 4 aromatic rings. The first-order chi connectivity index (χ1) is 16.8. The normalized spacial score (nSPS) is 11.9. The third-order valence-electron chi connectivity index (χ3n) is 4.86. The number of benzene rings is 3. The summed E-state index contributed by atoms with van der Waals surface area (Å²) in [7, 11) is -1.75. The maximum Gasteiger partial charge on any atom is 0.209 e. The van der Waals surface area contributed by atoms with Gasteiger partial charge in [0, 0.05) is 22.7 Å². The summed E-state index contributed by atoms with van der Waals surface area (Å²) in [5, 5.41) is 4.08. The van der Waals surface area contributed by atoms with Gasteiger partial charge < -0.3 is 14.8 Å². The lowest BCUT2D eigenvalue weighted by molar-refractivity contribution is 0.379. The van der Waals surface area contributed by atoms with Crippen LogP contribution in [0, 0.1) is 11.8 Å². The Bertz CT molecular complexity index is 1510. The van der Waals surface area contributed by atoms with E-state index in [0.717, 1.165) is 22.8 Å². The Kier molecular flexibility index (Phi) is 7.15. The molecular weight excluding hydrogens is 464 g/mol. The van der Waals surface area contributed by atoms with Crippen molar-refractivity contribution in [1.82, 2.24) is 14.7 Å². The molecule has 3 aromatic carbocycles. The Morgan fingerprint density at radius 3 is 2.51 bits per heavy atom. The summed E-state index contributed by atoms with van der Waals surface area (Å²) in [5.41, 5.74) is 2.21. The molecule has 4 rings (SSSR count). The number of sulfonamides is 1. The Balaban J connectivity index is 1.60. The standard InChI is InChI=1S/C26H24N4O4S/c1-18(30-35(3,31)32)9-10-19-11-13-23-22(15-19)26(28-17-27-23)29-20-12-14-24(25(16-20)33-2)34-21-7-5-4-6-8-21/h4-8,11-18,30H,1-3H3,(H,27,28,29). The number of rotatable bonds is 7. The number of nitrogens with one attached hydrogen (secondary N) is 2. The molecule has 0 aliphatic rings. The van der Waals surface area contributed by atoms with Crippen LogP contribution in [0.5, 0.6) is 17.2 Å². The monoisotopic (exact) mass is 488 g/mol. The van der Waals surface area contributed by atoms with Gasteiger partial charge in [0.2, 0.25) is 10.0 Å². The van der Waals surface area contributed by atoms with Crippen molar-refractivity contribution in [1.29, 1.82) is 0 Å². The highest BCUT2D eigenvalue weighted by atomic mass is 32.2. The number of methoxy groups -OCH3 is 1. The number of anilines is 2. The zero-order chi connectivity index (χ0) is 24.8. The summed E-state index contributed by atoms with van der Waals surface area (Å²) < 4.78 is 36.7. The Hall–Kier alpha value is -4.13. The molecule has 8 nitrogen and oxygen atoms in total. The van der Waals surface area contributed by atoms with Gasteiger partial charge in [0.25, 0.3) is 0 Å². The quantitative estimate of drug-likeness (QED) is 0.370. The fourth-order valence-corrected chi connectivity index (χ4v) is 4.06. The van der Waals surface area contributed by atoms with E-state index in [9.17, 15) is 8.42 Å². The van der Waals surface area contributed by atoms with Crippen molar-refractivity contribution >= 4 is 32.4 Å². The molecule has 0 aliphatic heterocycles. The van der Waals surface area contributed by atoms with Gasteiger partial charge in [-0.2, -0.15) is 0 Å². The van der Waals surface area contributed by atoms with Crippen LogP contribution < -0.4 is 19.5 Å². The number of fused-ring (bicyclic) bond motifs is 1. The molecule has 0 bridgehead atoms. The lowest BCUT2D eigenvalue weighted by Crippen LogP contribution is -2.30. The summed E-state index contributed by atoms with van der Waals surface area (Å²) in [6, 6.07) is 20.0. The molecule has 1 atom stereocenters. The van der Waals surface area contributed by atoms with Crippen LogP contribution in [0.3, 0.4) is 0 Å². The topological polar surface area (TPSA) is 102 Å². The smallest absolute Gasteiger partial charge is 0.209 e. The van der Waals surface area contributed by atoms with Crippen LogP contribution in [0.1, 0.15) is 12.5 Å². The van der Waals surface area contributed by atoms with Crippen LogP contribution in [0.15, 0.2) is 73.1 Å². The zero-order valence-corrected chi connectivity index (χ0v) is 20.3. The number of hydrogen-bond donors (Lipinski definition) is 2. The van der Waals surface area contributed by atoms with Crippen molar-refractivity contribution in [3.63, 3.8) is 0 Å². The second-order valence-electron chi connectivity index (χ2n) is 7.74. The molecule has 1 unspecified atom stereocenters. The highest BCUT2D eigenvalue weighted by molar-refractivity contribution is 7.88. The predicted octanol–water partition coefficient (Wildman–Crippen LogP) is 4.46. The maximum absolute atomic E-state index is 11.4. The average molecular weight is 489 g/mol. The molecule has 0 radical (unpaired) electrons. The number of hydrogen-bond acceptors (Lipinski definition) is 7. The van der Waals surface area contributed by atoms with Crippen molar-refractivity contribution in [2.75, 3.05) is 18.7 Å². The third-order valence-corrected chi connectivity index (χ3v) is 5.64. The molecule has 1 aromatic heterocycles. The van der Waals surface area contributed by atoms with E-state index in [1.54, 1.807) is 14.0 Å². The Labute approximate surface area is 204 Å². The van der Waals surface area contributed by atoms with E-state index in [1.165, 1.54) is 6.33 Å². The van der Waals surface area contributed by atoms with Gasteiger partial charge in [0.15, 0.2) is 11.5 Å². The van der Waals surface area contributed by atoms with Crippen molar-refractivity contribution < 1.29 is 17.9 Å². The minimum atomic E-state index is -3.33. The number of ether oxygens (including phenoxy) is 2. The van der Waals surface area contributed by atoms with Gasteiger partial charge >= 0.3 is 0 Å². The Morgan fingerprint density at radius 1 is 0.971 bits per heavy atom. The highest BCUT2D eigenvalue weighted by Gasteiger charge is 2.10. The SMILES string of the molecule is COc1cc(Nc2ncnc3ccc(C#CC(C)NS(C)(=O)=O)cc23)ccc1Oc1ccccc1. The molecule has 0 fully saturated rings. The Morgan fingerprint density at radius 2 is 1.77 bits per heavy atom. The molecule has 9 heteroatoms. The van der Waals surface area contributed by atoms with Crippen LogP contribution in [0.4, 0.5) is 11.5 Å². The molecule has 0 saturated carbocycles. The minimum Gasteiger partial charge on any atom is -0.493 e. The predicted molar refractivity (Wildman–Crippen MR) is 137 cm³/mol. The minimum absolute atomic E-state index is 0.519. The summed E-state index contributed by atoms with van der Waals surface area (Å²) in [6.45, 7) is 1.68. The summed E-state index contributed by atoms with van der Waals surface area (Å²) >= 11 is 0. The lowest BCUT2D eigenvalue weighted by Gasteiger charge is -2.13. The number of aromatic nitrogens is 2.